The molecule has 1 aromatic rings. The minimum atomic E-state index is 0.0531. The van der Waals surface area contributed by atoms with E-state index in [1.807, 2.05) is 19.3 Å². The third kappa shape index (κ3) is 2.79. The first-order chi connectivity index (χ1) is 5.47. The van der Waals surface area contributed by atoms with E-state index in [4.69, 9.17) is 0 Å². The smallest absolute Gasteiger partial charge is 0.135 e. The van der Waals surface area contributed by atoms with Crippen LogP contribution in [0.3, 0.4) is 0 Å². The van der Waals surface area contributed by atoms with Crippen LogP contribution in [0.2, 0.25) is 0 Å². The fourth-order valence-corrected chi connectivity index (χ4v) is 0.733. The van der Waals surface area contributed by atoms with Gasteiger partial charge in [-0.3, -0.25) is 4.68 Å². The molecule has 0 bridgehead atoms. The molecule has 1 rings (SSSR count). The summed E-state index contributed by atoms with van der Waals surface area (Å²) in [6.45, 7) is 6.26. The fourth-order valence-electron chi connectivity index (χ4n) is 0.733. The lowest BCUT2D eigenvalue weighted by Gasteiger charge is -2.06. The maximum atomic E-state index is 4.16. The zero-order chi connectivity index (χ0) is 9.19. The van der Waals surface area contributed by atoms with Gasteiger partial charge in [-0.05, 0) is 32.8 Å². The van der Waals surface area contributed by atoms with E-state index in [0.717, 1.165) is 5.69 Å². The summed E-state index contributed by atoms with van der Waals surface area (Å²) in [4.78, 5) is 0. The first-order valence-corrected chi connectivity index (χ1v) is 4.00. The summed E-state index contributed by atoms with van der Waals surface area (Å²) in [5.74, 6) is 6.15. The maximum absolute atomic E-state index is 4.16. The molecule has 0 unspecified atom stereocenters. The van der Waals surface area contributed by atoms with Crippen LogP contribution < -0.4 is 0 Å². The Balaban J connectivity index is 2.80. The zero-order valence-electron chi connectivity index (χ0n) is 8.05. The highest BCUT2D eigenvalue weighted by Crippen LogP contribution is 2.10. The molecule has 12 heavy (non-hydrogen) atoms. The van der Waals surface area contributed by atoms with E-state index < -0.39 is 0 Å². The summed E-state index contributed by atoms with van der Waals surface area (Å²) in [7, 11) is 1.89. The van der Waals surface area contributed by atoms with Gasteiger partial charge in [-0.15, -0.1) is 0 Å². The van der Waals surface area contributed by atoms with E-state index in [9.17, 15) is 0 Å². The highest BCUT2D eigenvalue weighted by atomic mass is 15.2. The van der Waals surface area contributed by atoms with Gasteiger partial charge in [0.2, 0.25) is 0 Å². The molecule has 1 aromatic heterocycles. The van der Waals surface area contributed by atoms with Gasteiger partial charge >= 0.3 is 0 Å². The molecular formula is C10H14N2. The van der Waals surface area contributed by atoms with Gasteiger partial charge < -0.3 is 0 Å². The predicted octanol–water partition coefficient (Wildman–Crippen LogP) is 1.82. The van der Waals surface area contributed by atoms with Crippen molar-refractivity contribution in [3.63, 3.8) is 0 Å². The quantitative estimate of drug-likeness (QED) is 0.532. The minimum absolute atomic E-state index is 0.0531. The number of aromatic nitrogens is 2. The van der Waals surface area contributed by atoms with Crippen LogP contribution in [0.1, 0.15) is 26.5 Å². The Morgan fingerprint density at radius 2 is 2.08 bits per heavy atom. The Hall–Kier alpha value is -1.23. The van der Waals surface area contributed by atoms with Crippen LogP contribution in [0.4, 0.5) is 0 Å². The summed E-state index contributed by atoms with van der Waals surface area (Å²) in [5.41, 5.74) is 0.893. The topological polar surface area (TPSA) is 17.8 Å². The molecule has 1 heterocycles. The van der Waals surface area contributed by atoms with Crippen LogP contribution in [-0.4, -0.2) is 9.78 Å². The molecule has 0 radical (unpaired) electrons. The van der Waals surface area contributed by atoms with Crippen molar-refractivity contribution in [3.8, 4) is 11.8 Å². The Labute approximate surface area is 73.6 Å². The molecule has 0 aliphatic rings. The van der Waals surface area contributed by atoms with Gasteiger partial charge in [0.15, 0.2) is 0 Å². The molecule has 0 aromatic carbocycles. The lowest BCUT2D eigenvalue weighted by molar-refractivity contribution is 0.571. The number of nitrogens with zero attached hydrogens (tertiary/aromatic N) is 2. The second kappa shape index (κ2) is 3.02. The fraction of sp³-hybridized carbons (Fsp3) is 0.500. The predicted molar refractivity (Wildman–Crippen MR) is 49.5 cm³/mol. The molecule has 0 atom stereocenters. The maximum Gasteiger partial charge on any atom is 0.135 e. The molecule has 0 amide bonds. The molecule has 0 aliphatic heterocycles. The average Bonchev–Trinajstić information content (AvgIpc) is 2.30. The van der Waals surface area contributed by atoms with Crippen molar-refractivity contribution in [1.29, 1.82) is 0 Å². The van der Waals surface area contributed by atoms with Crippen molar-refractivity contribution in [2.75, 3.05) is 0 Å². The highest BCUT2D eigenvalue weighted by molar-refractivity contribution is 5.27. The van der Waals surface area contributed by atoms with Gasteiger partial charge in [0.1, 0.15) is 5.69 Å². The van der Waals surface area contributed by atoms with E-state index in [2.05, 4.69) is 37.7 Å². The molecule has 2 heteroatoms. The highest BCUT2D eigenvalue weighted by Gasteiger charge is 2.03. The number of hydrogen-bond donors (Lipinski definition) is 0. The van der Waals surface area contributed by atoms with Crippen LogP contribution in [0, 0.1) is 17.3 Å². The van der Waals surface area contributed by atoms with E-state index in [-0.39, 0.29) is 5.41 Å². The molecular weight excluding hydrogens is 148 g/mol. The summed E-state index contributed by atoms with van der Waals surface area (Å²) in [5, 5.41) is 4.16. The standard InChI is InChI=1S/C10H14N2/c1-10(2,3)7-5-9-6-8-12(4)11-9/h6,8H,1-4H3. The summed E-state index contributed by atoms with van der Waals surface area (Å²) < 4.78 is 1.76. The monoisotopic (exact) mass is 162 g/mol. The zero-order valence-corrected chi connectivity index (χ0v) is 8.05. The van der Waals surface area contributed by atoms with Crippen LogP contribution in [0.15, 0.2) is 12.3 Å². The van der Waals surface area contributed by atoms with Gasteiger partial charge in [-0.25, -0.2) is 0 Å². The van der Waals surface area contributed by atoms with Gasteiger partial charge in [0.05, 0.1) is 0 Å². The minimum Gasteiger partial charge on any atom is -0.275 e. The first kappa shape index (κ1) is 8.86. The van der Waals surface area contributed by atoms with Gasteiger partial charge in [0.25, 0.3) is 0 Å². The average molecular weight is 162 g/mol. The van der Waals surface area contributed by atoms with Crippen molar-refractivity contribution >= 4 is 0 Å². The number of rotatable bonds is 0. The Kier molecular flexibility index (Phi) is 2.23. The summed E-state index contributed by atoms with van der Waals surface area (Å²) >= 11 is 0. The summed E-state index contributed by atoms with van der Waals surface area (Å²) in [6, 6.07) is 1.92. The van der Waals surface area contributed by atoms with Crippen LogP contribution >= 0.6 is 0 Å². The number of hydrogen-bond acceptors (Lipinski definition) is 1. The van der Waals surface area contributed by atoms with Crippen molar-refractivity contribution < 1.29 is 0 Å². The lowest BCUT2D eigenvalue weighted by Crippen LogP contribution is -1.99. The van der Waals surface area contributed by atoms with Crippen LogP contribution in [-0.2, 0) is 7.05 Å². The van der Waals surface area contributed by atoms with E-state index in [0.29, 0.717) is 0 Å². The van der Waals surface area contributed by atoms with Crippen molar-refractivity contribution in [1.82, 2.24) is 9.78 Å². The van der Waals surface area contributed by atoms with E-state index >= 15 is 0 Å². The van der Waals surface area contributed by atoms with E-state index in [1.165, 1.54) is 0 Å². The SMILES string of the molecule is Cn1ccc(C#CC(C)(C)C)n1. The molecule has 64 valence electrons. The molecule has 0 aliphatic carbocycles. The summed E-state index contributed by atoms with van der Waals surface area (Å²) in [6.07, 6.45) is 1.90. The normalized spacial score (nSPS) is 10.7. The number of aryl methyl sites for hydroxylation is 1. The Bertz CT molecular complexity index is 318. The molecule has 2 nitrogen and oxygen atoms in total. The molecule has 0 saturated heterocycles. The van der Waals surface area contributed by atoms with Crippen LogP contribution in [0.25, 0.3) is 0 Å². The van der Waals surface area contributed by atoms with Crippen molar-refractivity contribution in [2.24, 2.45) is 12.5 Å². The molecule has 0 spiro atoms. The third-order valence-electron chi connectivity index (χ3n) is 1.28. The molecule has 0 fully saturated rings. The third-order valence-corrected chi connectivity index (χ3v) is 1.28. The van der Waals surface area contributed by atoms with Gasteiger partial charge in [-0.2, -0.15) is 5.10 Å². The van der Waals surface area contributed by atoms with E-state index in [1.54, 1.807) is 4.68 Å². The Morgan fingerprint density at radius 3 is 2.50 bits per heavy atom. The second-order valence-corrected chi connectivity index (χ2v) is 3.87. The largest absolute Gasteiger partial charge is 0.275 e. The Morgan fingerprint density at radius 1 is 1.42 bits per heavy atom. The molecule has 0 saturated carbocycles. The van der Waals surface area contributed by atoms with Gasteiger partial charge in [0, 0.05) is 18.7 Å². The van der Waals surface area contributed by atoms with Crippen molar-refractivity contribution in [2.45, 2.75) is 20.8 Å². The first-order valence-electron chi connectivity index (χ1n) is 4.00. The second-order valence-electron chi connectivity index (χ2n) is 3.87. The van der Waals surface area contributed by atoms with Crippen LogP contribution in [0.5, 0.6) is 0 Å². The molecule has 0 N–H and O–H groups in total. The van der Waals surface area contributed by atoms with Crippen molar-refractivity contribution in [3.05, 3.63) is 18.0 Å². The lowest BCUT2D eigenvalue weighted by atomic mass is 9.98. The van der Waals surface area contributed by atoms with Gasteiger partial charge in [-0.1, -0.05) is 5.92 Å².